The van der Waals surface area contributed by atoms with Crippen molar-refractivity contribution in [3.05, 3.63) is 66.4 Å². The zero-order chi connectivity index (χ0) is 18.1. The summed E-state index contributed by atoms with van der Waals surface area (Å²) in [6.07, 6.45) is 1.80. The number of hydrogen-bond acceptors (Lipinski definition) is 4. The number of carbonyl (C=O) groups excluding carboxylic acids is 1. The van der Waals surface area contributed by atoms with E-state index in [9.17, 15) is 9.90 Å². The van der Waals surface area contributed by atoms with Gasteiger partial charge in [0.25, 0.3) is 0 Å². The molecule has 1 heterocycles. The van der Waals surface area contributed by atoms with E-state index in [0.29, 0.717) is 11.4 Å². The Kier molecular flexibility index (Phi) is 3.97. The lowest BCUT2D eigenvalue weighted by molar-refractivity contribution is -0.115. The molecule has 5 heteroatoms. The maximum absolute atomic E-state index is 12.5. The molecule has 130 valence electrons. The molecule has 26 heavy (non-hydrogen) atoms. The first-order valence-corrected chi connectivity index (χ1v) is 8.20. The van der Waals surface area contributed by atoms with Crippen LogP contribution in [0.5, 0.6) is 11.5 Å². The Labute approximate surface area is 149 Å². The summed E-state index contributed by atoms with van der Waals surface area (Å²) in [4.78, 5) is 12.5. The molecule has 0 radical (unpaired) electrons. The van der Waals surface area contributed by atoms with Crippen molar-refractivity contribution in [2.24, 2.45) is 0 Å². The molecule has 1 amide bonds. The van der Waals surface area contributed by atoms with Crippen molar-refractivity contribution in [2.75, 3.05) is 12.4 Å². The van der Waals surface area contributed by atoms with Gasteiger partial charge in [0, 0.05) is 22.7 Å². The molecule has 3 aromatic carbocycles. The van der Waals surface area contributed by atoms with Crippen molar-refractivity contribution in [3.8, 4) is 11.5 Å². The summed E-state index contributed by atoms with van der Waals surface area (Å²) in [6, 6.07) is 16.7. The Morgan fingerprint density at radius 2 is 2.00 bits per heavy atom. The average molecular weight is 347 g/mol. The van der Waals surface area contributed by atoms with Crippen molar-refractivity contribution < 1.29 is 19.1 Å². The fourth-order valence-electron chi connectivity index (χ4n) is 3.15. The van der Waals surface area contributed by atoms with Crippen LogP contribution < -0.4 is 10.1 Å². The molecule has 0 fully saturated rings. The molecular weight excluding hydrogens is 330 g/mol. The molecule has 4 rings (SSSR count). The van der Waals surface area contributed by atoms with Gasteiger partial charge in [-0.3, -0.25) is 4.79 Å². The number of benzene rings is 3. The highest BCUT2D eigenvalue weighted by Crippen LogP contribution is 2.31. The lowest BCUT2D eigenvalue weighted by Crippen LogP contribution is -2.14. The summed E-state index contributed by atoms with van der Waals surface area (Å²) in [7, 11) is 1.47. The molecule has 0 aliphatic carbocycles. The molecule has 0 saturated heterocycles. The molecule has 0 aliphatic heterocycles. The number of ether oxygens (including phenoxy) is 1. The van der Waals surface area contributed by atoms with E-state index in [1.165, 1.54) is 13.2 Å². The number of amides is 1. The van der Waals surface area contributed by atoms with Crippen LogP contribution in [-0.4, -0.2) is 18.1 Å². The standard InChI is InChI=1S/C21H17NO4/c1-25-18-9-7-15(11-17(18)23)22-20(24)10-14-12-26-19-8-6-13-4-2-3-5-16(13)21(14)19/h2-9,11-12,23H,10H2,1H3,(H,22,24). The monoisotopic (exact) mass is 347 g/mol. The van der Waals surface area contributed by atoms with Gasteiger partial charge in [0.2, 0.25) is 5.91 Å². The van der Waals surface area contributed by atoms with E-state index in [1.807, 2.05) is 36.4 Å². The first-order valence-electron chi connectivity index (χ1n) is 8.20. The number of furan rings is 1. The van der Waals surface area contributed by atoms with Crippen LogP contribution in [0.3, 0.4) is 0 Å². The van der Waals surface area contributed by atoms with E-state index >= 15 is 0 Å². The number of methoxy groups -OCH3 is 1. The zero-order valence-corrected chi connectivity index (χ0v) is 14.2. The van der Waals surface area contributed by atoms with Crippen molar-refractivity contribution in [1.82, 2.24) is 0 Å². The Bertz CT molecular complexity index is 1110. The second kappa shape index (κ2) is 6.44. The topological polar surface area (TPSA) is 71.7 Å². The van der Waals surface area contributed by atoms with Gasteiger partial charge in [-0.2, -0.15) is 0 Å². The maximum Gasteiger partial charge on any atom is 0.228 e. The molecule has 1 aromatic heterocycles. The Morgan fingerprint density at radius 3 is 2.81 bits per heavy atom. The van der Waals surface area contributed by atoms with Crippen LogP contribution in [0.25, 0.3) is 21.7 Å². The fraction of sp³-hybridized carbons (Fsp3) is 0.0952. The van der Waals surface area contributed by atoms with Crippen LogP contribution in [0.15, 0.2) is 65.3 Å². The average Bonchev–Trinajstić information content (AvgIpc) is 3.05. The van der Waals surface area contributed by atoms with E-state index in [-0.39, 0.29) is 18.1 Å². The van der Waals surface area contributed by atoms with E-state index < -0.39 is 0 Å². The van der Waals surface area contributed by atoms with E-state index in [0.717, 1.165) is 27.3 Å². The van der Waals surface area contributed by atoms with Crippen LogP contribution in [0.2, 0.25) is 0 Å². The first kappa shape index (κ1) is 16.0. The summed E-state index contributed by atoms with van der Waals surface area (Å²) in [6.45, 7) is 0. The SMILES string of the molecule is COc1ccc(NC(=O)Cc2coc3ccc4ccccc4c23)cc1O. The normalized spacial score (nSPS) is 11.0. The molecule has 5 nitrogen and oxygen atoms in total. The summed E-state index contributed by atoms with van der Waals surface area (Å²) in [5.74, 6) is 0.144. The molecule has 0 saturated carbocycles. The van der Waals surface area contributed by atoms with Crippen LogP contribution in [0.1, 0.15) is 5.56 Å². The predicted octanol–water partition coefficient (Wildman–Crippen LogP) is 4.48. The minimum absolute atomic E-state index is 0.0231. The lowest BCUT2D eigenvalue weighted by Gasteiger charge is -2.08. The highest BCUT2D eigenvalue weighted by Gasteiger charge is 2.14. The van der Waals surface area contributed by atoms with Gasteiger partial charge >= 0.3 is 0 Å². The van der Waals surface area contributed by atoms with Gasteiger partial charge in [-0.25, -0.2) is 0 Å². The number of nitrogens with one attached hydrogen (secondary N) is 1. The second-order valence-electron chi connectivity index (χ2n) is 6.03. The highest BCUT2D eigenvalue weighted by molar-refractivity contribution is 6.09. The zero-order valence-electron chi connectivity index (χ0n) is 14.2. The van der Waals surface area contributed by atoms with Gasteiger partial charge in [-0.15, -0.1) is 0 Å². The number of rotatable bonds is 4. The number of phenols is 1. The van der Waals surface area contributed by atoms with Gasteiger partial charge in [0.05, 0.1) is 19.8 Å². The smallest absolute Gasteiger partial charge is 0.228 e. The van der Waals surface area contributed by atoms with E-state index in [2.05, 4.69) is 5.32 Å². The number of aromatic hydroxyl groups is 1. The predicted molar refractivity (Wildman–Crippen MR) is 101 cm³/mol. The second-order valence-corrected chi connectivity index (χ2v) is 6.03. The molecular formula is C21H17NO4. The molecule has 0 bridgehead atoms. The van der Waals surface area contributed by atoms with Crippen LogP contribution in [-0.2, 0) is 11.2 Å². The number of carbonyl (C=O) groups is 1. The minimum atomic E-state index is -0.190. The molecule has 4 aromatic rings. The third-order valence-electron chi connectivity index (χ3n) is 4.35. The summed E-state index contributed by atoms with van der Waals surface area (Å²) < 4.78 is 10.6. The van der Waals surface area contributed by atoms with Crippen molar-refractivity contribution in [2.45, 2.75) is 6.42 Å². The minimum Gasteiger partial charge on any atom is -0.504 e. The Morgan fingerprint density at radius 1 is 1.15 bits per heavy atom. The molecule has 0 aliphatic rings. The number of anilines is 1. The third kappa shape index (κ3) is 2.84. The van der Waals surface area contributed by atoms with Crippen molar-refractivity contribution in [1.29, 1.82) is 0 Å². The van der Waals surface area contributed by atoms with E-state index in [4.69, 9.17) is 9.15 Å². The summed E-state index contributed by atoms with van der Waals surface area (Å²) in [5.41, 5.74) is 2.09. The van der Waals surface area contributed by atoms with Crippen molar-refractivity contribution in [3.63, 3.8) is 0 Å². The van der Waals surface area contributed by atoms with Crippen molar-refractivity contribution >= 4 is 33.3 Å². The molecule has 0 spiro atoms. The molecule has 2 N–H and O–H groups in total. The summed E-state index contributed by atoms with van der Waals surface area (Å²) in [5, 5.41) is 15.7. The Hall–Kier alpha value is -3.47. The molecule has 0 atom stereocenters. The number of hydrogen-bond donors (Lipinski definition) is 2. The molecule has 0 unspecified atom stereocenters. The van der Waals surface area contributed by atoms with E-state index in [1.54, 1.807) is 18.4 Å². The van der Waals surface area contributed by atoms with Gasteiger partial charge in [-0.05, 0) is 29.0 Å². The number of phenolic OH excluding ortho intramolecular Hbond substituents is 1. The van der Waals surface area contributed by atoms with Crippen LogP contribution >= 0.6 is 0 Å². The number of fused-ring (bicyclic) bond motifs is 3. The van der Waals surface area contributed by atoms with Crippen LogP contribution in [0, 0.1) is 0 Å². The van der Waals surface area contributed by atoms with Crippen LogP contribution in [0.4, 0.5) is 5.69 Å². The van der Waals surface area contributed by atoms with Gasteiger partial charge in [0.15, 0.2) is 11.5 Å². The highest BCUT2D eigenvalue weighted by atomic mass is 16.5. The fourth-order valence-corrected chi connectivity index (χ4v) is 3.15. The largest absolute Gasteiger partial charge is 0.504 e. The third-order valence-corrected chi connectivity index (χ3v) is 4.35. The summed E-state index contributed by atoms with van der Waals surface area (Å²) >= 11 is 0. The van der Waals surface area contributed by atoms with Gasteiger partial charge < -0.3 is 19.6 Å². The van der Waals surface area contributed by atoms with Gasteiger partial charge in [-0.1, -0.05) is 30.3 Å². The van der Waals surface area contributed by atoms with Gasteiger partial charge in [0.1, 0.15) is 5.58 Å². The Balaban J connectivity index is 1.62. The lowest BCUT2D eigenvalue weighted by atomic mass is 10.0. The maximum atomic E-state index is 12.5. The first-order chi connectivity index (χ1) is 12.7. The quantitative estimate of drug-likeness (QED) is 0.571.